The number of rotatable bonds is 4. The maximum absolute atomic E-state index is 10.9. The monoisotopic (exact) mass is 285 g/mol. The highest BCUT2D eigenvalue weighted by Gasteiger charge is 2.23. The lowest BCUT2D eigenvalue weighted by Gasteiger charge is -2.31. The molecule has 1 aromatic rings. The number of hydrogen-bond donors (Lipinski definition) is 1. The van der Waals surface area contributed by atoms with Crippen LogP contribution in [0.15, 0.2) is 6.20 Å². The van der Waals surface area contributed by atoms with Crippen LogP contribution in [0.4, 0.5) is 11.5 Å². The van der Waals surface area contributed by atoms with Gasteiger partial charge in [-0.1, -0.05) is 6.92 Å². The summed E-state index contributed by atoms with van der Waals surface area (Å²) >= 11 is 5.69. The highest BCUT2D eigenvalue weighted by Crippen LogP contribution is 2.24. The van der Waals surface area contributed by atoms with Gasteiger partial charge in [0.1, 0.15) is 6.20 Å². The van der Waals surface area contributed by atoms with E-state index >= 15 is 0 Å². The second kappa shape index (κ2) is 6.12. The van der Waals surface area contributed by atoms with Crippen molar-refractivity contribution in [1.29, 1.82) is 0 Å². The summed E-state index contributed by atoms with van der Waals surface area (Å²) < 4.78 is 0. The van der Waals surface area contributed by atoms with Crippen LogP contribution >= 0.6 is 11.6 Å². The van der Waals surface area contributed by atoms with Gasteiger partial charge in [0, 0.05) is 19.1 Å². The zero-order chi connectivity index (χ0) is 13.8. The van der Waals surface area contributed by atoms with Gasteiger partial charge < -0.3 is 10.2 Å². The molecule has 0 amide bonds. The summed E-state index contributed by atoms with van der Waals surface area (Å²) in [6.07, 6.45) is 3.01. The second-order valence-corrected chi connectivity index (χ2v) is 4.82. The van der Waals surface area contributed by atoms with E-state index in [9.17, 15) is 10.1 Å². The van der Waals surface area contributed by atoms with Crippen LogP contribution in [0.25, 0.3) is 0 Å². The Morgan fingerprint density at radius 3 is 2.84 bits per heavy atom. The van der Waals surface area contributed by atoms with E-state index in [0.717, 1.165) is 38.7 Å². The molecule has 104 valence electrons. The Bertz CT molecular complexity index is 462. The van der Waals surface area contributed by atoms with Crippen LogP contribution in [0.1, 0.15) is 19.8 Å². The normalized spacial score (nSPS) is 17.4. The van der Waals surface area contributed by atoms with E-state index in [1.807, 2.05) is 0 Å². The lowest BCUT2D eigenvalue weighted by molar-refractivity contribution is -0.384. The lowest BCUT2D eigenvalue weighted by Crippen LogP contribution is -2.39. The lowest BCUT2D eigenvalue weighted by atomic mass is 10.1. The van der Waals surface area contributed by atoms with Crippen molar-refractivity contribution in [3.63, 3.8) is 0 Å². The second-order valence-electron chi connectivity index (χ2n) is 4.48. The first-order valence-corrected chi connectivity index (χ1v) is 6.63. The quantitative estimate of drug-likeness (QED) is 0.517. The summed E-state index contributed by atoms with van der Waals surface area (Å²) in [5.74, 6) is 0.208. The highest BCUT2D eigenvalue weighted by molar-refractivity contribution is 6.28. The number of anilines is 1. The maximum Gasteiger partial charge on any atom is 0.329 e. The molecule has 1 N–H and O–H groups in total. The zero-order valence-corrected chi connectivity index (χ0v) is 11.4. The Hall–Kier alpha value is -1.47. The van der Waals surface area contributed by atoms with Gasteiger partial charge in [-0.25, -0.2) is 4.98 Å². The first kappa shape index (κ1) is 14.0. The molecule has 1 aromatic heterocycles. The molecule has 1 fully saturated rings. The molecule has 1 aliphatic heterocycles. The maximum atomic E-state index is 10.9. The fourth-order valence-corrected chi connectivity index (χ4v) is 2.31. The number of hydrogen-bond acceptors (Lipinski definition) is 6. The van der Waals surface area contributed by atoms with E-state index in [4.69, 9.17) is 11.6 Å². The number of nitrogens with zero attached hydrogens (tertiary/aromatic N) is 4. The molecule has 0 saturated carbocycles. The minimum absolute atomic E-state index is 0.0131. The predicted octanol–water partition coefficient (Wildman–Crippen LogP) is 1.93. The molecule has 0 bridgehead atoms. The topological polar surface area (TPSA) is 84.2 Å². The first-order chi connectivity index (χ1) is 9.10. The minimum atomic E-state index is -0.500. The van der Waals surface area contributed by atoms with Crippen LogP contribution in [0.5, 0.6) is 0 Å². The minimum Gasteiger partial charge on any atom is -0.361 e. The fourth-order valence-electron chi connectivity index (χ4n) is 2.18. The first-order valence-electron chi connectivity index (χ1n) is 6.26. The van der Waals surface area contributed by atoms with Crippen molar-refractivity contribution >= 4 is 23.1 Å². The van der Waals surface area contributed by atoms with Crippen molar-refractivity contribution in [1.82, 2.24) is 14.9 Å². The molecular formula is C11H16ClN5O2. The molecule has 2 rings (SSSR count). The van der Waals surface area contributed by atoms with E-state index < -0.39 is 4.92 Å². The summed E-state index contributed by atoms with van der Waals surface area (Å²) in [6, 6.07) is 0.187. The van der Waals surface area contributed by atoms with Crippen molar-refractivity contribution in [2.45, 2.75) is 25.8 Å². The molecule has 7 nitrogen and oxygen atoms in total. The number of nitrogens with one attached hydrogen (secondary N) is 1. The molecule has 8 heteroatoms. The molecule has 0 spiro atoms. The molecule has 19 heavy (non-hydrogen) atoms. The summed E-state index contributed by atoms with van der Waals surface area (Å²) in [5.41, 5.74) is -0.137. The number of likely N-dealkylation sites (tertiary alicyclic amines) is 1. The Morgan fingerprint density at radius 1 is 1.58 bits per heavy atom. The Kier molecular flexibility index (Phi) is 4.49. The van der Waals surface area contributed by atoms with Crippen LogP contribution in [0, 0.1) is 10.1 Å². The van der Waals surface area contributed by atoms with Crippen molar-refractivity contribution in [3.05, 3.63) is 21.6 Å². The van der Waals surface area contributed by atoms with Crippen molar-refractivity contribution in [2.75, 3.05) is 25.0 Å². The number of halogens is 1. The largest absolute Gasteiger partial charge is 0.361 e. The van der Waals surface area contributed by atoms with Gasteiger partial charge in [0.25, 0.3) is 0 Å². The summed E-state index contributed by atoms with van der Waals surface area (Å²) in [5, 5.41) is 14.0. The van der Waals surface area contributed by atoms with E-state index in [1.165, 1.54) is 0 Å². The average Bonchev–Trinajstić information content (AvgIpc) is 2.39. The molecule has 2 heterocycles. The Balaban J connectivity index is 2.06. The van der Waals surface area contributed by atoms with Crippen LogP contribution in [-0.4, -0.2) is 45.5 Å². The van der Waals surface area contributed by atoms with Gasteiger partial charge in [-0.2, -0.15) is 4.98 Å². The fraction of sp³-hybridized carbons (Fsp3) is 0.636. The molecule has 1 saturated heterocycles. The molecule has 1 aliphatic rings. The van der Waals surface area contributed by atoms with Crippen molar-refractivity contribution in [2.24, 2.45) is 0 Å². The molecule has 0 atom stereocenters. The van der Waals surface area contributed by atoms with Gasteiger partial charge in [0.2, 0.25) is 11.1 Å². The number of aromatic nitrogens is 2. The van der Waals surface area contributed by atoms with Gasteiger partial charge in [0.15, 0.2) is 0 Å². The van der Waals surface area contributed by atoms with Gasteiger partial charge >= 0.3 is 5.69 Å². The summed E-state index contributed by atoms with van der Waals surface area (Å²) in [7, 11) is 0. The molecule has 0 radical (unpaired) electrons. The summed E-state index contributed by atoms with van der Waals surface area (Å²) in [4.78, 5) is 20.3. The van der Waals surface area contributed by atoms with Crippen LogP contribution in [-0.2, 0) is 0 Å². The zero-order valence-electron chi connectivity index (χ0n) is 10.7. The van der Waals surface area contributed by atoms with E-state index in [0.29, 0.717) is 0 Å². The van der Waals surface area contributed by atoms with E-state index in [-0.39, 0.29) is 22.8 Å². The van der Waals surface area contributed by atoms with Crippen molar-refractivity contribution in [3.8, 4) is 0 Å². The molecular weight excluding hydrogens is 270 g/mol. The van der Waals surface area contributed by atoms with Crippen molar-refractivity contribution < 1.29 is 4.92 Å². The predicted molar refractivity (Wildman–Crippen MR) is 72.5 cm³/mol. The highest BCUT2D eigenvalue weighted by atomic mass is 35.5. The van der Waals surface area contributed by atoms with Gasteiger partial charge in [0.05, 0.1) is 4.92 Å². The third-order valence-electron chi connectivity index (χ3n) is 3.31. The Labute approximate surface area is 116 Å². The third kappa shape index (κ3) is 3.51. The molecule has 0 aromatic carbocycles. The standard InChI is InChI=1S/C11H16ClN5O2/c1-2-16-5-3-8(4-6-16)14-10-9(17(18)19)7-13-11(12)15-10/h7-8H,2-6H2,1H3,(H,13,14,15). The third-order valence-corrected chi connectivity index (χ3v) is 3.49. The van der Waals surface area contributed by atoms with E-state index in [2.05, 4.69) is 27.1 Å². The van der Waals surface area contributed by atoms with Crippen LogP contribution < -0.4 is 5.32 Å². The van der Waals surface area contributed by atoms with Gasteiger partial charge in [-0.15, -0.1) is 0 Å². The van der Waals surface area contributed by atoms with Gasteiger partial charge in [-0.05, 0) is 31.0 Å². The number of nitro groups is 1. The molecule has 0 unspecified atom stereocenters. The van der Waals surface area contributed by atoms with Gasteiger partial charge in [-0.3, -0.25) is 10.1 Å². The Morgan fingerprint density at radius 2 is 2.26 bits per heavy atom. The van der Waals surface area contributed by atoms with Crippen LogP contribution in [0.2, 0.25) is 5.28 Å². The average molecular weight is 286 g/mol. The smallest absolute Gasteiger partial charge is 0.329 e. The van der Waals surface area contributed by atoms with Crippen LogP contribution in [0.3, 0.4) is 0 Å². The number of piperidine rings is 1. The van der Waals surface area contributed by atoms with E-state index in [1.54, 1.807) is 0 Å². The SMILES string of the molecule is CCN1CCC(Nc2nc(Cl)ncc2[N+](=O)[O-])CC1. The summed E-state index contributed by atoms with van der Waals surface area (Å²) in [6.45, 7) is 5.14. The molecule has 0 aliphatic carbocycles.